The third-order valence-corrected chi connectivity index (χ3v) is 3.12. The number of alkyl halides is 3. The predicted octanol–water partition coefficient (Wildman–Crippen LogP) is 5.26. The van der Waals surface area contributed by atoms with Crippen LogP contribution < -0.4 is 5.32 Å². The van der Waals surface area contributed by atoms with Crippen LogP contribution in [0.1, 0.15) is 26.2 Å². The summed E-state index contributed by atoms with van der Waals surface area (Å²) in [5.41, 5.74) is -0.0554. The van der Waals surface area contributed by atoms with Crippen LogP contribution in [-0.4, -0.2) is 12.2 Å². The number of rotatable bonds is 5. The molecule has 0 aliphatic heterocycles. The molecular formula is C12H13BrF5N. The number of anilines is 1. The summed E-state index contributed by atoms with van der Waals surface area (Å²) in [6.45, 7) is 1.62. The van der Waals surface area contributed by atoms with Gasteiger partial charge in [-0.05, 0) is 41.8 Å². The first-order valence-corrected chi connectivity index (χ1v) is 6.46. The lowest BCUT2D eigenvalue weighted by atomic mass is 10.1. The first-order valence-electron chi connectivity index (χ1n) is 5.67. The molecule has 0 saturated carbocycles. The van der Waals surface area contributed by atoms with Gasteiger partial charge in [-0.2, -0.15) is 13.2 Å². The molecule has 1 unspecified atom stereocenters. The lowest BCUT2D eigenvalue weighted by molar-refractivity contribution is -0.135. The quantitative estimate of drug-likeness (QED) is 0.566. The molecule has 1 nitrogen and oxygen atoms in total. The van der Waals surface area contributed by atoms with Crippen LogP contribution in [0.4, 0.5) is 27.6 Å². The van der Waals surface area contributed by atoms with Gasteiger partial charge in [0.1, 0.15) is 11.6 Å². The predicted molar refractivity (Wildman–Crippen MR) is 67.0 cm³/mol. The maximum absolute atomic E-state index is 13.5. The van der Waals surface area contributed by atoms with Gasteiger partial charge in [0.25, 0.3) is 0 Å². The van der Waals surface area contributed by atoms with Crippen molar-refractivity contribution in [3.63, 3.8) is 0 Å². The van der Waals surface area contributed by atoms with Crippen molar-refractivity contribution in [2.24, 2.45) is 0 Å². The maximum atomic E-state index is 13.5. The SMILES string of the molecule is CC(CCCC(F)(F)F)Nc1cc(F)c(Br)cc1F. The summed E-state index contributed by atoms with van der Waals surface area (Å²) in [5.74, 6) is -1.29. The minimum atomic E-state index is -4.19. The number of hydrogen-bond acceptors (Lipinski definition) is 1. The molecule has 0 spiro atoms. The van der Waals surface area contributed by atoms with Crippen LogP contribution in [0.5, 0.6) is 0 Å². The smallest absolute Gasteiger partial charge is 0.380 e. The molecule has 19 heavy (non-hydrogen) atoms. The van der Waals surface area contributed by atoms with Crippen LogP contribution in [0, 0.1) is 11.6 Å². The van der Waals surface area contributed by atoms with Crippen molar-refractivity contribution in [1.82, 2.24) is 0 Å². The number of benzene rings is 1. The Morgan fingerprint density at radius 1 is 1.21 bits per heavy atom. The largest absolute Gasteiger partial charge is 0.389 e. The van der Waals surface area contributed by atoms with Gasteiger partial charge in [-0.25, -0.2) is 8.78 Å². The molecule has 1 N–H and O–H groups in total. The zero-order valence-corrected chi connectivity index (χ0v) is 11.7. The summed E-state index contributed by atoms with van der Waals surface area (Å²) in [6.07, 6.45) is -4.90. The average Bonchev–Trinajstić information content (AvgIpc) is 2.24. The summed E-state index contributed by atoms with van der Waals surface area (Å²) in [4.78, 5) is 0. The van der Waals surface area contributed by atoms with Crippen LogP contribution in [0.3, 0.4) is 0 Å². The Labute approximate surface area is 116 Å². The molecule has 1 atom stereocenters. The van der Waals surface area contributed by atoms with Gasteiger partial charge >= 0.3 is 6.18 Å². The molecule has 1 rings (SSSR count). The Hall–Kier alpha value is -0.850. The van der Waals surface area contributed by atoms with Crippen LogP contribution in [0.2, 0.25) is 0 Å². The van der Waals surface area contributed by atoms with Crippen molar-refractivity contribution in [2.75, 3.05) is 5.32 Å². The van der Waals surface area contributed by atoms with Gasteiger partial charge in [-0.1, -0.05) is 0 Å². The van der Waals surface area contributed by atoms with Crippen LogP contribution in [0.25, 0.3) is 0 Å². The van der Waals surface area contributed by atoms with Crippen molar-refractivity contribution in [3.05, 3.63) is 28.2 Å². The Balaban J connectivity index is 2.53. The number of hydrogen-bond donors (Lipinski definition) is 1. The minimum absolute atomic E-state index is 0.000254. The van der Waals surface area contributed by atoms with Gasteiger partial charge < -0.3 is 5.32 Å². The van der Waals surface area contributed by atoms with E-state index < -0.39 is 24.2 Å². The first kappa shape index (κ1) is 16.2. The second kappa shape index (κ2) is 6.54. The summed E-state index contributed by atoms with van der Waals surface area (Å²) in [7, 11) is 0. The fourth-order valence-electron chi connectivity index (χ4n) is 1.58. The van der Waals surface area contributed by atoms with E-state index in [1.807, 2.05) is 0 Å². The van der Waals surface area contributed by atoms with Crippen molar-refractivity contribution in [2.45, 2.75) is 38.4 Å². The van der Waals surface area contributed by atoms with Gasteiger partial charge in [-0.15, -0.1) is 0 Å². The van der Waals surface area contributed by atoms with Gasteiger partial charge in [0.15, 0.2) is 0 Å². The molecule has 0 aliphatic carbocycles. The minimum Gasteiger partial charge on any atom is -0.380 e. The maximum Gasteiger partial charge on any atom is 0.389 e. The van der Waals surface area contributed by atoms with E-state index >= 15 is 0 Å². The molecular weight excluding hydrogens is 333 g/mol. The lowest BCUT2D eigenvalue weighted by Crippen LogP contribution is -2.17. The molecule has 0 radical (unpaired) electrons. The van der Waals surface area contributed by atoms with E-state index in [-0.39, 0.29) is 29.0 Å². The normalized spacial score (nSPS) is 13.4. The Kier molecular flexibility index (Phi) is 5.58. The molecule has 0 saturated heterocycles. The van der Waals surface area contributed by atoms with Crippen molar-refractivity contribution >= 4 is 21.6 Å². The summed E-state index contributed by atoms with van der Waals surface area (Å²) in [6, 6.07) is 1.57. The summed E-state index contributed by atoms with van der Waals surface area (Å²) >= 11 is 2.84. The van der Waals surface area contributed by atoms with Crippen LogP contribution in [0.15, 0.2) is 16.6 Å². The third-order valence-electron chi connectivity index (χ3n) is 2.51. The molecule has 0 aromatic heterocycles. The third kappa shape index (κ3) is 5.76. The Morgan fingerprint density at radius 3 is 2.42 bits per heavy atom. The highest BCUT2D eigenvalue weighted by molar-refractivity contribution is 9.10. The standard InChI is InChI=1S/C12H13BrF5N/c1-7(3-2-4-12(16,17)18)19-11-6-9(14)8(13)5-10(11)15/h5-7,19H,2-4H2,1H3. The van der Waals surface area contributed by atoms with E-state index in [9.17, 15) is 22.0 Å². The monoisotopic (exact) mass is 345 g/mol. The highest BCUT2D eigenvalue weighted by Gasteiger charge is 2.26. The van der Waals surface area contributed by atoms with E-state index in [4.69, 9.17) is 0 Å². The van der Waals surface area contributed by atoms with E-state index in [1.165, 1.54) is 0 Å². The number of halogens is 6. The average molecular weight is 346 g/mol. The molecule has 108 valence electrons. The van der Waals surface area contributed by atoms with Crippen LogP contribution >= 0.6 is 15.9 Å². The zero-order valence-electron chi connectivity index (χ0n) is 10.1. The molecule has 0 bridgehead atoms. The molecule has 0 aliphatic rings. The van der Waals surface area contributed by atoms with Gasteiger partial charge in [0.05, 0.1) is 10.2 Å². The topological polar surface area (TPSA) is 12.0 Å². The van der Waals surface area contributed by atoms with Gasteiger partial charge in [0, 0.05) is 18.5 Å². The highest BCUT2D eigenvalue weighted by atomic mass is 79.9. The molecule has 0 fully saturated rings. The molecule has 1 aromatic carbocycles. The van der Waals surface area contributed by atoms with E-state index in [0.717, 1.165) is 12.1 Å². The fraction of sp³-hybridized carbons (Fsp3) is 0.500. The summed E-state index contributed by atoms with van der Waals surface area (Å²) < 4.78 is 62.6. The van der Waals surface area contributed by atoms with Crippen molar-refractivity contribution < 1.29 is 22.0 Å². The Bertz CT molecular complexity index is 433. The number of nitrogens with one attached hydrogen (secondary N) is 1. The fourth-order valence-corrected chi connectivity index (χ4v) is 1.89. The van der Waals surface area contributed by atoms with Crippen LogP contribution in [-0.2, 0) is 0 Å². The zero-order chi connectivity index (χ0) is 14.6. The molecule has 0 heterocycles. The van der Waals surface area contributed by atoms with Gasteiger partial charge in [-0.3, -0.25) is 0 Å². The van der Waals surface area contributed by atoms with Crippen molar-refractivity contribution in [3.8, 4) is 0 Å². The Morgan fingerprint density at radius 2 is 1.84 bits per heavy atom. The van der Waals surface area contributed by atoms with E-state index in [0.29, 0.717) is 0 Å². The molecule has 0 amide bonds. The second-order valence-electron chi connectivity index (χ2n) is 4.30. The lowest BCUT2D eigenvalue weighted by Gasteiger charge is -2.16. The summed E-state index contributed by atoms with van der Waals surface area (Å²) in [5, 5.41) is 2.66. The van der Waals surface area contributed by atoms with E-state index in [2.05, 4.69) is 21.2 Å². The molecule has 1 aromatic rings. The highest BCUT2D eigenvalue weighted by Crippen LogP contribution is 2.26. The molecule has 7 heteroatoms. The van der Waals surface area contributed by atoms with Gasteiger partial charge in [0.2, 0.25) is 0 Å². The first-order chi connectivity index (χ1) is 8.69. The van der Waals surface area contributed by atoms with Crippen molar-refractivity contribution in [1.29, 1.82) is 0 Å². The van der Waals surface area contributed by atoms with E-state index in [1.54, 1.807) is 6.92 Å². The second-order valence-corrected chi connectivity index (χ2v) is 5.15.